The highest BCUT2D eigenvalue weighted by molar-refractivity contribution is 6.01. The van der Waals surface area contributed by atoms with Gasteiger partial charge in [-0.15, -0.1) is 6.58 Å². The minimum atomic E-state index is -0.818. The van der Waals surface area contributed by atoms with Gasteiger partial charge in [0.05, 0.1) is 19.8 Å². The molecule has 2 rings (SSSR count). The number of esters is 1. The number of rotatable bonds is 7. The Morgan fingerprint density at radius 3 is 2.73 bits per heavy atom. The molecule has 1 aliphatic rings. The molecule has 5 heteroatoms. The fraction of sp³-hybridized carbons (Fsp3) is 0.412. The Morgan fingerprint density at radius 2 is 2.09 bits per heavy atom. The van der Waals surface area contributed by atoms with Crippen molar-refractivity contribution in [1.29, 1.82) is 0 Å². The monoisotopic (exact) mass is 304 g/mol. The van der Waals surface area contributed by atoms with Crippen LogP contribution >= 0.6 is 0 Å². The van der Waals surface area contributed by atoms with Crippen molar-refractivity contribution in [3.63, 3.8) is 0 Å². The van der Waals surface area contributed by atoms with E-state index in [9.17, 15) is 9.59 Å². The number of carbonyl (C=O) groups is 2. The number of ketones is 1. The van der Waals surface area contributed by atoms with Gasteiger partial charge in [0, 0.05) is 12.3 Å². The third-order valence-corrected chi connectivity index (χ3v) is 3.77. The predicted molar refractivity (Wildman–Crippen MR) is 79.8 cm³/mol. The van der Waals surface area contributed by atoms with Gasteiger partial charge in [0.25, 0.3) is 0 Å². The van der Waals surface area contributed by atoms with E-state index in [1.807, 2.05) is 30.3 Å². The molecule has 0 spiro atoms. The van der Waals surface area contributed by atoms with Crippen molar-refractivity contribution in [3.8, 4) is 0 Å². The van der Waals surface area contributed by atoms with Gasteiger partial charge in [-0.3, -0.25) is 9.59 Å². The molecule has 0 aromatic heterocycles. The van der Waals surface area contributed by atoms with Gasteiger partial charge in [0.1, 0.15) is 18.5 Å². The molecule has 0 heterocycles. The summed E-state index contributed by atoms with van der Waals surface area (Å²) in [5, 5.41) is 0. The molecule has 0 aliphatic heterocycles. The number of carbonyl (C=O) groups excluding carboxylic acids is 2. The van der Waals surface area contributed by atoms with Gasteiger partial charge in [0.15, 0.2) is 0 Å². The lowest BCUT2D eigenvalue weighted by Crippen LogP contribution is -2.28. The van der Waals surface area contributed by atoms with E-state index < -0.39 is 18.0 Å². The van der Waals surface area contributed by atoms with Crippen molar-refractivity contribution in [2.24, 2.45) is 11.8 Å². The van der Waals surface area contributed by atoms with Crippen LogP contribution < -0.4 is 0 Å². The molecule has 0 unspecified atom stereocenters. The van der Waals surface area contributed by atoms with Gasteiger partial charge in [-0.25, -0.2) is 0 Å². The first kappa shape index (κ1) is 16.4. The zero-order chi connectivity index (χ0) is 15.9. The molecule has 1 fully saturated rings. The average Bonchev–Trinajstić information content (AvgIpc) is 2.87. The zero-order valence-electron chi connectivity index (χ0n) is 12.6. The molecule has 5 nitrogen and oxygen atoms in total. The van der Waals surface area contributed by atoms with Crippen LogP contribution in [-0.2, 0) is 30.4 Å². The standard InChI is InChI=1S/C17H20O5/c1-3-13-15(9-14(18)16(13)17(19)20-2)22-11-21-10-12-7-5-4-6-8-12/h3-8,13,15-16H,1,9-11H2,2H3/t13-,15-,16+/m0/s1. The maximum absolute atomic E-state index is 11.9. The summed E-state index contributed by atoms with van der Waals surface area (Å²) in [6.45, 7) is 4.18. The second-order valence-corrected chi connectivity index (χ2v) is 5.14. The topological polar surface area (TPSA) is 61.8 Å². The maximum atomic E-state index is 11.9. The van der Waals surface area contributed by atoms with Crippen LogP contribution in [0, 0.1) is 11.8 Å². The molecular weight excluding hydrogens is 284 g/mol. The van der Waals surface area contributed by atoms with E-state index >= 15 is 0 Å². The second-order valence-electron chi connectivity index (χ2n) is 5.14. The van der Waals surface area contributed by atoms with Crippen LogP contribution in [0.2, 0.25) is 0 Å². The van der Waals surface area contributed by atoms with Crippen LogP contribution in [0.3, 0.4) is 0 Å². The number of Topliss-reactive ketones (excluding diaryl/α,β-unsaturated/α-hetero) is 1. The molecule has 1 aliphatic carbocycles. The number of methoxy groups -OCH3 is 1. The molecule has 3 atom stereocenters. The Bertz CT molecular complexity index is 525. The Morgan fingerprint density at radius 1 is 1.36 bits per heavy atom. The summed E-state index contributed by atoms with van der Waals surface area (Å²) < 4.78 is 15.7. The van der Waals surface area contributed by atoms with Gasteiger partial charge >= 0.3 is 5.97 Å². The first-order valence-electron chi connectivity index (χ1n) is 7.13. The van der Waals surface area contributed by atoms with Crippen molar-refractivity contribution in [1.82, 2.24) is 0 Å². The van der Waals surface area contributed by atoms with E-state index in [1.54, 1.807) is 6.08 Å². The van der Waals surface area contributed by atoms with E-state index in [-0.39, 0.29) is 24.9 Å². The third-order valence-electron chi connectivity index (χ3n) is 3.77. The van der Waals surface area contributed by atoms with Gasteiger partial charge in [-0.1, -0.05) is 36.4 Å². The summed E-state index contributed by atoms with van der Waals surface area (Å²) in [5.74, 6) is -1.90. The van der Waals surface area contributed by atoms with Crippen molar-refractivity contribution in [3.05, 3.63) is 48.6 Å². The molecule has 0 N–H and O–H groups in total. The minimum Gasteiger partial charge on any atom is -0.468 e. The van der Waals surface area contributed by atoms with Crippen LogP contribution in [0.25, 0.3) is 0 Å². The molecule has 1 aromatic rings. The van der Waals surface area contributed by atoms with E-state index in [1.165, 1.54) is 7.11 Å². The van der Waals surface area contributed by atoms with Crippen molar-refractivity contribution >= 4 is 11.8 Å². The fourth-order valence-electron chi connectivity index (χ4n) is 2.63. The van der Waals surface area contributed by atoms with Crippen LogP contribution in [0.4, 0.5) is 0 Å². The van der Waals surface area contributed by atoms with Gasteiger partial charge in [-0.2, -0.15) is 0 Å². The molecule has 0 radical (unpaired) electrons. The molecular formula is C17H20O5. The lowest BCUT2D eigenvalue weighted by Gasteiger charge is -2.19. The van der Waals surface area contributed by atoms with Crippen molar-refractivity contribution in [2.45, 2.75) is 19.1 Å². The molecule has 1 aromatic carbocycles. The first-order chi connectivity index (χ1) is 10.7. The second kappa shape index (κ2) is 7.87. The molecule has 22 heavy (non-hydrogen) atoms. The van der Waals surface area contributed by atoms with Crippen LogP contribution in [0.1, 0.15) is 12.0 Å². The van der Waals surface area contributed by atoms with Crippen molar-refractivity contribution in [2.75, 3.05) is 13.9 Å². The van der Waals surface area contributed by atoms with E-state index in [2.05, 4.69) is 11.3 Å². The normalized spacial score (nSPS) is 24.2. The molecule has 118 valence electrons. The largest absolute Gasteiger partial charge is 0.468 e. The van der Waals surface area contributed by atoms with Gasteiger partial charge < -0.3 is 14.2 Å². The number of hydrogen-bond donors (Lipinski definition) is 0. The molecule has 0 saturated heterocycles. The SMILES string of the molecule is C=C[C@@H]1[C@@H](C(=O)OC)C(=O)C[C@@H]1OCOCc1ccccc1. The lowest BCUT2D eigenvalue weighted by molar-refractivity contribution is -0.150. The van der Waals surface area contributed by atoms with Gasteiger partial charge in [0.2, 0.25) is 0 Å². The Balaban J connectivity index is 1.83. The minimum absolute atomic E-state index is 0.0606. The summed E-state index contributed by atoms with van der Waals surface area (Å²) in [6, 6.07) is 9.72. The zero-order valence-corrected chi connectivity index (χ0v) is 12.6. The smallest absolute Gasteiger partial charge is 0.316 e. The fourth-order valence-corrected chi connectivity index (χ4v) is 2.63. The van der Waals surface area contributed by atoms with Gasteiger partial charge in [-0.05, 0) is 5.56 Å². The maximum Gasteiger partial charge on any atom is 0.316 e. The molecule has 1 saturated carbocycles. The summed E-state index contributed by atoms with van der Waals surface area (Å²) in [7, 11) is 1.27. The van der Waals surface area contributed by atoms with Crippen molar-refractivity contribution < 1.29 is 23.8 Å². The third kappa shape index (κ3) is 3.81. The Kier molecular flexibility index (Phi) is 5.86. The summed E-state index contributed by atoms with van der Waals surface area (Å²) in [6.07, 6.45) is 1.35. The highest BCUT2D eigenvalue weighted by atomic mass is 16.7. The lowest BCUT2D eigenvalue weighted by atomic mass is 9.94. The summed E-state index contributed by atoms with van der Waals surface area (Å²) >= 11 is 0. The first-order valence-corrected chi connectivity index (χ1v) is 7.13. The van der Waals surface area contributed by atoms with Crippen LogP contribution in [0.15, 0.2) is 43.0 Å². The Hall–Kier alpha value is -1.98. The van der Waals surface area contributed by atoms with Crippen LogP contribution in [0.5, 0.6) is 0 Å². The van der Waals surface area contributed by atoms with E-state index in [4.69, 9.17) is 9.47 Å². The number of benzene rings is 1. The molecule has 0 amide bonds. The predicted octanol–water partition coefficient (Wildman–Crippen LogP) is 2.11. The number of ether oxygens (including phenoxy) is 3. The highest BCUT2D eigenvalue weighted by Gasteiger charge is 2.46. The van der Waals surface area contributed by atoms with E-state index in [0.29, 0.717) is 6.61 Å². The van der Waals surface area contributed by atoms with E-state index in [0.717, 1.165) is 5.56 Å². The quantitative estimate of drug-likeness (QED) is 0.254. The highest BCUT2D eigenvalue weighted by Crippen LogP contribution is 2.33. The Labute approximate surface area is 129 Å². The average molecular weight is 304 g/mol. The molecule has 0 bridgehead atoms. The summed E-state index contributed by atoms with van der Waals surface area (Å²) in [5.41, 5.74) is 1.04. The number of hydrogen-bond acceptors (Lipinski definition) is 5. The van der Waals surface area contributed by atoms with Crippen LogP contribution in [-0.4, -0.2) is 31.8 Å². The summed E-state index contributed by atoms with van der Waals surface area (Å²) in [4.78, 5) is 23.6.